The molecular formula is C14H28N2O4. The molecule has 2 N–H and O–H groups in total. The average molecular weight is 288 g/mol. The number of nitrogens with one attached hydrogen (secondary N) is 1. The summed E-state index contributed by atoms with van der Waals surface area (Å²) in [4.78, 5) is 24.2. The summed E-state index contributed by atoms with van der Waals surface area (Å²) < 4.78 is 5.38. The van der Waals surface area contributed by atoms with Crippen LogP contribution in [0.5, 0.6) is 0 Å². The highest BCUT2D eigenvalue weighted by molar-refractivity contribution is 5.78. The minimum atomic E-state index is -0.845. The molecule has 0 bridgehead atoms. The quantitative estimate of drug-likeness (QED) is 0.557. The summed E-state index contributed by atoms with van der Waals surface area (Å²) in [7, 11) is 0. The third-order valence-corrected chi connectivity index (χ3v) is 2.78. The van der Waals surface area contributed by atoms with Crippen LogP contribution >= 0.6 is 0 Å². The molecule has 0 unspecified atom stereocenters. The Bertz CT molecular complexity index is 293. The third kappa shape index (κ3) is 10.8. The molecule has 0 aliphatic carbocycles. The lowest BCUT2D eigenvalue weighted by Crippen LogP contribution is -2.42. The number of carbonyl (C=O) groups is 2. The van der Waals surface area contributed by atoms with Gasteiger partial charge in [0.1, 0.15) is 0 Å². The Kier molecular flexibility index (Phi) is 10.0. The Balaban J connectivity index is 3.86. The SMILES string of the molecule is CC(C)OCCCNC(=O)CN(CCC(=O)O)C(C)C. The van der Waals surface area contributed by atoms with E-state index in [9.17, 15) is 9.59 Å². The first-order valence-corrected chi connectivity index (χ1v) is 7.17. The molecule has 0 spiro atoms. The van der Waals surface area contributed by atoms with Crippen LogP contribution < -0.4 is 5.32 Å². The van der Waals surface area contributed by atoms with Crippen LogP contribution in [0.4, 0.5) is 0 Å². The Morgan fingerprint density at radius 2 is 1.90 bits per heavy atom. The molecule has 20 heavy (non-hydrogen) atoms. The highest BCUT2D eigenvalue weighted by Gasteiger charge is 2.14. The summed E-state index contributed by atoms with van der Waals surface area (Å²) in [5.74, 6) is -0.921. The van der Waals surface area contributed by atoms with Crippen LogP contribution in [0, 0.1) is 0 Å². The molecule has 0 fully saturated rings. The van der Waals surface area contributed by atoms with E-state index < -0.39 is 5.97 Å². The predicted molar refractivity (Wildman–Crippen MR) is 77.7 cm³/mol. The fourth-order valence-corrected chi connectivity index (χ4v) is 1.62. The van der Waals surface area contributed by atoms with Crippen LogP contribution in [0.1, 0.15) is 40.5 Å². The first kappa shape index (κ1) is 18.9. The van der Waals surface area contributed by atoms with Gasteiger partial charge in [-0.05, 0) is 34.1 Å². The molecule has 6 nitrogen and oxygen atoms in total. The lowest BCUT2D eigenvalue weighted by atomic mass is 10.2. The number of carbonyl (C=O) groups excluding carboxylic acids is 1. The van der Waals surface area contributed by atoms with E-state index in [4.69, 9.17) is 9.84 Å². The standard InChI is InChI=1S/C14H28N2O4/c1-11(2)16(8-6-14(18)19)10-13(17)15-7-5-9-20-12(3)4/h11-12H,5-10H2,1-4H3,(H,15,17)(H,18,19). The second-order valence-electron chi connectivity index (χ2n) is 5.33. The molecule has 118 valence electrons. The molecule has 0 aliphatic rings. The second kappa shape index (κ2) is 10.6. The largest absolute Gasteiger partial charge is 0.481 e. The topological polar surface area (TPSA) is 78.9 Å². The number of nitrogens with zero attached hydrogens (tertiary/aromatic N) is 1. The van der Waals surface area contributed by atoms with Crippen LogP contribution in [0.25, 0.3) is 0 Å². The van der Waals surface area contributed by atoms with E-state index >= 15 is 0 Å². The van der Waals surface area contributed by atoms with E-state index in [2.05, 4.69) is 5.32 Å². The predicted octanol–water partition coefficient (Wildman–Crippen LogP) is 1.10. The third-order valence-electron chi connectivity index (χ3n) is 2.78. The highest BCUT2D eigenvalue weighted by atomic mass is 16.5. The van der Waals surface area contributed by atoms with Crippen LogP contribution in [0.3, 0.4) is 0 Å². The van der Waals surface area contributed by atoms with Crippen molar-refractivity contribution in [2.75, 3.05) is 26.2 Å². The maximum absolute atomic E-state index is 11.8. The maximum atomic E-state index is 11.8. The molecule has 0 radical (unpaired) electrons. The van der Waals surface area contributed by atoms with Crippen molar-refractivity contribution < 1.29 is 19.4 Å². The smallest absolute Gasteiger partial charge is 0.304 e. The Morgan fingerprint density at radius 3 is 2.40 bits per heavy atom. The van der Waals surface area contributed by atoms with E-state index in [-0.39, 0.29) is 31.0 Å². The maximum Gasteiger partial charge on any atom is 0.304 e. The monoisotopic (exact) mass is 288 g/mol. The number of aliphatic carboxylic acids is 1. The van der Waals surface area contributed by atoms with Gasteiger partial charge < -0.3 is 15.2 Å². The molecule has 0 aromatic carbocycles. The molecule has 0 aliphatic heterocycles. The van der Waals surface area contributed by atoms with E-state index in [1.54, 1.807) is 0 Å². The van der Waals surface area contributed by atoms with E-state index in [1.807, 2.05) is 32.6 Å². The Morgan fingerprint density at radius 1 is 1.25 bits per heavy atom. The summed E-state index contributed by atoms with van der Waals surface area (Å²) in [6.07, 6.45) is 1.03. The van der Waals surface area contributed by atoms with Crippen molar-refractivity contribution >= 4 is 11.9 Å². The van der Waals surface area contributed by atoms with Gasteiger partial charge in [0.2, 0.25) is 5.91 Å². The number of hydrogen-bond donors (Lipinski definition) is 2. The lowest BCUT2D eigenvalue weighted by molar-refractivity contribution is -0.138. The van der Waals surface area contributed by atoms with Gasteiger partial charge >= 0.3 is 5.97 Å². The van der Waals surface area contributed by atoms with Crippen molar-refractivity contribution in [3.63, 3.8) is 0 Å². The lowest BCUT2D eigenvalue weighted by Gasteiger charge is -2.25. The molecular weight excluding hydrogens is 260 g/mol. The molecule has 0 saturated heterocycles. The van der Waals surface area contributed by atoms with Gasteiger partial charge in [0.15, 0.2) is 0 Å². The molecule has 0 aromatic rings. The number of rotatable bonds is 11. The fraction of sp³-hybridized carbons (Fsp3) is 0.857. The van der Waals surface area contributed by atoms with E-state index in [0.717, 1.165) is 6.42 Å². The summed E-state index contributed by atoms with van der Waals surface area (Å²) in [6.45, 7) is 9.68. The minimum Gasteiger partial charge on any atom is -0.481 e. The Labute approximate surface area is 121 Å². The van der Waals surface area contributed by atoms with Crippen LogP contribution in [-0.4, -0.2) is 60.3 Å². The zero-order valence-corrected chi connectivity index (χ0v) is 13.0. The number of ether oxygens (including phenoxy) is 1. The number of carboxylic acid groups (broad SMARTS) is 1. The fourth-order valence-electron chi connectivity index (χ4n) is 1.62. The van der Waals surface area contributed by atoms with Gasteiger partial charge in [-0.2, -0.15) is 0 Å². The first-order chi connectivity index (χ1) is 9.32. The molecule has 0 aromatic heterocycles. The van der Waals surface area contributed by atoms with Crippen molar-refractivity contribution in [3.8, 4) is 0 Å². The van der Waals surface area contributed by atoms with Crippen molar-refractivity contribution in [1.82, 2.24) is 10.2 Å². The zero-order chi connectivity index (χ0) is 15.5. The van der Waals surface area contributed by atoms with Gasteiger partial charge in [-0.1, -0.05) is 0 Å². The number of amides is 1. The van der Waals surface area contributed by atoms with E-state index in [0.29, 0.717) is 19.7 Å². The summed E-state index contributed by atoms with van der Waals surface area (Å²) >= 11 is 0. The van der Waals surface area contributed by atoms with Crippen LogP contribution in [0.15, 0.2) is 0 Å². The van der Waals surface area contributed by atoms with Gasteiger partial charge in [-0.3, -0.25) is 14.5 Å². The van der Waals surface area contributed by atoms with Gasteiger partial charge in [-0.25, -0.2) is 0 Å². The summed E-state index contributed by atoms with van der Waals surface area (Å²) in [5.41, 5.74) is 0. The van der Waals surface area contributed by atoms with Crippen molar-refractivity contribution in [2.45, 2.75) is 52.7 Å². The number of hydrogen-bond acceptors (Lipinski definition) is 4. The van der Waals surface area contributed by atoms with Crippen LogP contribution in [0.2, 0.25) is 0 Å². The molecule has 0 rings (SSSR count). The van der Waals surface area contributed by atoms with Crippen molar-refractivity contribution in [2.24, 2.45) is 0 Å². The molecule has 0 saturated carbocycles. The first-order valence-electron chi connectivity index (χ1n) is 7.17. The molecule has 0 heterocycles. The summed E-state index contributed by atoms with van der Waals surface area (Å²) in [5, 5.41) is 11.5. The van der Waals surface area contributed by atoms with Gasteiger partial charge in [0, 0.05) is 25.7 Å². The molecule has 6 heteroatoms. The van der Waals surface area contributed by atoms with Crippen molar-refractivity contribution in [1.29, 1.82) is 0 Å². The highest BCUT2D eigenvalue weighted by Crippen LogP contribution is 1.99. The van der Waals surface area contributed by atoms with Gasteiger partial charge in [0.05, 0.1) is 19.1 Å². The zero-order valence-electron chi connectivity index (χ0n) is 13.0. The van der Waals surface area contributed by atoms with Crippen molar-refractivity contribution in [3.05, 3.63) is 0 Å². The normalized spacial score (nSPS) is 11.3. The van der Waals surface area contributed by atoms with Gasteiger partial charge in [-0.15, -0.1) is 0 Å². The average Bonchev–Trinajstić information content (AvgIpc) is 2.32. The minimum absolute atomic E-state index is 0.0493. The number of carboxylic acids is 1. The Hall–Kier alpha value is -1.14. The second-order valence-corrected chi connectivity index (χ2v) is 5.33. The summed E-state index contributed by atoms with van der Waals surface area (Å²) in [6, 6.07) is 0.143. The molecule has 1 amide bonds. The van der Waals surface area contributed by atoms with Gasteiger partial charge in [0.25, 0.3) is 0 Å². The van der Waals surface area contributed by atoms with Crippen LogP contribution in [-0.2, 0) is 14.3 Å². The molecule has 0 atom stereocenters. The van der Waals surface area contributed by atoms with E-state index in [1.165, 1.54) is 0 Å².